The van der Waals surface area contributed by atoms with E-state index >= 15 is 0 Å². The van der Waals surface area contributed by atoms with Gasteiger partial charge in [-0.1, -0.05) is 25.7 Å². The summed E-state index contributed by atoms with van der Waals surface area (Å²) in [5, 5.41) is 18.0. The predicted octanol–water partition coefficient (Wildman–Crippen LogP) is 0.535. The molecule has 2 heteroatoms. The van der Waals surface area contributed by atoms with Gasteiger partial charge in [0.25, 0.3) is 0 Å². The van der Waals surface area contributed by atoms with Gasteiger partial charge < -0.3 is 10.2 Å². The summed E-state index contributed by atoms with van der Waals surface area (Å²) < 4.78 is 0. The monoisotopic (exact) mass is 166 g/mol. The summed E-state index contributed by atoms with van der Waals surface area (Å²) in [6.45, 7) is 3.68. The minimum Gasteiger partial charge on any atom is -0.380 e. The summed E-state index contributed by atoms with van der Waals surface area (Å²) in [4.78, 5) is 0. The van der Waals surface area contributed by atoms with Crippen molar-refractivity contribution in [2.24, 2.45) is 0 Å². The maximum absolute atomic E-state index is 8.98. The molecule has 0 heterocycles. The van der Waals surface area contributed by atoms with Crippen molar-refractivity contribution >= 4 is 0 Å². The van der Waals surface area contributed by atoms with Gasteiger partial charge >= 0.3 is 0 Å². The van der Waals surface area contributed by atoms with Crippen LogP contribution < -0.4 is 0 Å². The topological polar surface area (TPSA) is 40.5 Å². The highest BCUT2D eigenvalue weighted by molar-refractivity contribution is 5.28. The van der Waals surface area contributed by atoms with E-state index in [1.165, 1.54) is 0 Å². The number of aliphatic hydroxyl groups is 2. The third kappa shape index (κ3) is 5.80. The molecule has 0 bridgehead atoms. The van der Waals surface area contributed by atoms with Crippen LogP contribution in [0.15, 0.2) is 0 Å². The Morgan fingerprint density at radius 2 is 1.25 bits per heavy atom. The van der Waals surface area contributed by atoms with Gasteiger partial charge in [-0.25, -0.2) is 0 Å². The second kappa shape index (κ2) is 6.73. The molecule has 0 spiro atoms. The quantitative estimate of drug-likeness (QED) is 0.588. The summed E-state index contributed by atoms with van der Waals surface area (Å²) >= 11 is 0. The molecule has 12 heavy (non-hydrogen) atoms. The van der Waals surface area contributed by atoms with E-state index in [1.807, 2.05) is 13.8 Å². The second-order valence-electron chi connectivity index (χ2n) is 2.39. The molecule has 0 rings (SSSR count). The van der Waals surface area contributed by atoms with Crippen LogP contribution in [0.5, 0.6) is 0 Å². The lowest BCUT2D eigenvalue weighted by molar-refractivity contribution is 0.228. The fraction of sp³-hybridized carbons (Fsp3) is 0.600. The fourth-order valence-electron chi connectivity index (χ4n) is 0.443. The van der Waals surface area contributed by atoms with Crippen LogP contribution in [0.4, 0.5) is 0 Å². The maximum Gasteiger partial charge on any atom is 0.115 e. The molecule has 2 unspecified atom stereocenters. The Morgan fingerprint density at radius 1 is 0.917 bits per heavy atom. The lowest BCUT2D eigenvalue weighted by Crippen LogP contribution is -1.99. The molecule has 0 saturated heterocycles. The highest BCUT2D eigenvalue weighted by Gasteiger charge is 1.90. The molecule has 0 radical (unpaired) electrons. The van der Waals surface area contributed by atoms with Gasteiger partial charge in [0.1, 0.15) is 12.2 Å². The molecule has 66 valence electrons. The molecule has 2 N–H and O–H groups in total. The first-order chi connectivity index (χ1) is 5.70. The van der Waals surface area contributed by atoms with Crippen molar-refractivity contribution in [2.75, 3.05) is 0 Å². The molecule has 0 aliphatic carbocycles. The molecular formula is C10H14O2. The SMILES string of the molecule is CCC(O)C#CC#CC(O)CC. The van der Waals surface area contributed by atoms with Gasteiger partial charge in [-0.2, -0.15) is 0 Å². The van der Waals surface area contributed by atoms with E-state index in [4.69, 9.17) is 10.2 Å². The third-order valence-electron chi connectivity index (χ3n) is 1.31. The molecule has 2 atom stereocenters. The zero-order valence-electron chi connectivity index (χ0n) is 7.46. The minimum absolute atomic E-state index is 0.599. The largest absolute Gasteiger partial charge is 0.380 e. The van der Waals surface area contributed by atoms with E-state index < -0.39 is 12.2 Å². The third-order valence-corrected chi connectivity index (χ3v) is 1.31. The van der Waals surface area contributed by atoms with Gasteiger partial charge in [0.15, 0.2) is 0 Å². The van der Waals surface area contributed by atoms with Gasteiger partial charge in [0.05, 0.1) is 0 Å². The van der Waals surface area contributed by atoms with Gasteiger partial charge in [-0.3, -0.25) is 0 Å². The van der Waals surface area contributed by atoms with Crippen LogP contribution in [0.3, 0.4) is 0 Å². The van der Waals surface area contributed by atoms with Crippen molar-refractivity contribution in [3.05, 3.63) is 0 Å². The fourth-order valence-corrected chi connectivity index (χ4v) is 0.443. The zero-order valence-corrected chi connectivity index (χ0v) is 7.46. The van der Waals surface area contributed by atoms with Crippen molar-refractivity contribution in [1.29, 1.82) is 0 Å². The number of aliphatic hydroxyl groups excluding tert-OH is 2. The molecule has 0 saturated carbocycles. The van der Waals surface area contributed by atoms with Crippen molar-refractivity contribution in [2.45, 2.75) is 38.9 Å². The molecule has 0 aromatic carbocycles. The number of hydrogen-bond acceptors (Lipinski definition) is 2. The molecule has 0 fully saturated rings. The summed E-state index contributed by atoms with van der Waals surface area (Å²) in [6.07, 6.45) is 0.00637. The van der Waals surface area contributed by atoms with Crippen LogP contribution in [0.25, 0.3) is 0 Å². The molecule has 0 aromatic heterocycles. The average Bonchev–Trinajstić information content (AvgIpc) is 2.11. The van der Waals surface area contributed by atoms with Crippen molar-refractivity contribution in [3.8, 4) is 23.7 Å². The van der Waals surface area contributed by atoms with Crippen LogP contribution >= 0.6 is 0 Å². The summed E-state index contributed by atoms with van der Waals surface area (Å²) in [5.41, 5.74) is 0. The number of rotatable bonds is 2. The van der Waals surface area contributed by atoms with E-state index in [2.05, 4.69) is 23.7 Å². The van der Waals surface area contributed by atoms with Crippen molar-refractivity contribution in [3.63, 3.8) is 0 Å². The second-order valence-corrected chi connectivity index (χ2v) is 2.39. The van der Waals surface area contributed by atoms with Crippen LogP contribution in [-0.2, 0) is 0 Å². The summed E-state index contributed by atoms with van der Waals surface area (Å²) in [7, 11) is 0. The van der Waals surface area contributed by atoms with Crippen LogP contribution in [0.2, 0.25) is 0 Å². The molecule has 0 amide bonds. The van der Waals surface area contributed by atoms with Crippen LogP contribution in [0.1, 0.15) is 26.7 Å². The van der Waals surface area contributed by atoms with E-state index in [0.717, 1.165) is 0 Å². The first-order valence-electron chi connectivity index (χ1n) is 4.07. The van der Waals surface area contributed by atoms with Gasteiger partial charge in [0.2, 0.25) is 0 Å². The molecule has 2 nitrogen and oxygen atoms in total. The standard InChI is InChI=1S/C10H14O2/c1-3-9(11)7-5-6-8-10(12)4-2/h9-12H,3-4H2,1-2H3. The van der Waals surface area contributed by atoms with E-state index in [0.29, 0.717) is 12.8 Å². The Bertz CT molecular complexity index is 198. The normalized spacial score (nSPS) is 13.3. The van der Waals surface area contributed by atoms with E-state index in [-0.39, 0.29) is 0 Å². The number of hydrogen-bond donors (Lipinski definition) is 2. The van der Waals surface area contributed by atoms with Crippen LogP contribution in [-0.4, -0.2) is 22.4 Å². The van der Waals surface area contributed by atoms with E-state index in [1.54, 1.807) is 0 Å². The highest BCUT2D eigenvalue weighted by Crippen LogP contribution is 1.86. The lowest BCUT2D eigenvalue weighted by Gasteiger charge is -1.93. The van der Waals surface area contributed by atoms with Gasteiger partial charge in [-0.15, -0.1) is 0 Å². The maximum atomic E-state index is 8.98. The van der Waals surface area contributed by atoms with E-state index in [9.17, 15) is 0 Å². The highest BCUT2D eigenvalue weighted by atomic mass is 16.3. The van der Waals surface area contributed by atoms with Crippen molar-refractivity contribution < 1.29 is 10.2 Å². The summed E-state index contributed by atoms with van der Waals surface area (Å²) in [6, 6.07) is 0. The predicted molar refractivity (Wildman–Crippen MR) is 48.1 cm³/mol. The first-order valence-corrected chi connectivity index (χ1v) is 4.07. The Morgan fingerprint density at radius 3 is 1.50 bits per heavy atom. The van der Waals surface area contributed by atoms with Gasteiger partial charge in [-0.05, 0) is 24.7 Å². The minimum atomic E-state index is -0.599. The molecule has 0 aliphatic rings. The Kier molecular flexibility index (Phi) is 6.19. The Balaban J connectivity index is 3.88. The Hall–Kier alpha value is -0.960. The lowest BCUT2D eigenvalue weighted by atomic mass is 10.2. The molecule has 0 aromatic rings. The first kappa shape index (κ1) is 11.0. The smallest absolute Gasteiger partial charge is 0.115 e. The van der Waals surface area contributed by atoms with Crippen molar-refractivity contribution in [1.82, 2.24) is 0 Å². The average molecular weight is 166 g/mol. The zero-order chi connectivity index (χ0) is 9.40. The Labute approximate surface area is 73.6 Å². The summed E-state index contributed by atoms with van der Waals surface area (Å²) in [5.74, 6) is 10.0. The molecular weight excluding hydrogens is 152 g/mol. The molecule has 0 aliphatic heterocycles. The van der Waals surface area contributed by atoms with Crippen LogP contribution in [0, 0.1) is 23.7 Å². The van der Waals surface area contributed by atoms with Gasteiger partial charge in [0, 0.05) is 0 Å².